The number of aryl methyl sites for hydroxylation is 1. The second kappa shape index (κ2) is 13.8. The standard InChI is InChI=1S/C33H46N2O3S/c1-4-5-18-35(22-26-12-7-6-8-13-26)19-17-25-15-16-29(30(20-25)28-14-10-9-11-24(28)2)31(36)34-33(32(37)38)21-27(33)23-39-3/h9-11,14-16,20,26-27H,4-8,12-13,17-19,21-23H2,1-3H3,(H,34,36)(H,37,38). The number of rotatable bonds is 14. The molecule has 0 aromatic heterocycles. The van der Waals surface area contributed by atoms with Crippen LogP contribution >= 0.6 is 11.8 Å². The van der Waals surface area contributed by atoms with Crippen molar-refractivity contribution in [3.8, 4) is 11.1 Å². The van der Waals surface area contributed by atoms with Gasteiger partial charge >= 0.3 is 5.97 Å². The van der Waals surface area contributed by atoms with E-state index in [9.17, 15) is 14.7 Å². The Balaban J connectivity index is 1.55. The average molecular weight is 551 g/mol. The van der Waals surface area contributed by atoms with Gasteiger partial charge in [0.2, 0.25) is 0 Å². The van der Waals surface area contributed by atoms with E-state index in [0.29, 0.717) is 12.0 Å². The van der Waals surface area contributed by atoms with Gasteiger partial charge in [-0.3, -0.25) is 4.79 Å². The summed E-state index contributed by atoms with van der Waals surface area (Å²) in [4.78, 5) is 28.4. The van der Waals surface area contributed by atoms with Crippen LogP contribution < -0.4 is 5.32 Å². The molecule has 2 aliphatic rings. The van der Waals surface area contributed by atoms with E-state index in [1.54, 1.807) is 11.8 Å². The van der Waals surface area contributed by atoms with Crippen molar-refractivity contribution in [3.63, 3.8) is 0 Å². The molecule has 0 spiro atoms. The molecule has 4 rings (SSSR count). The number of nitrogens with one attached hydrogen (secondary N) is 1. The average Bonchev–Trinajstić information content (AvgIpc) is 3.64. The molecule has 39 heavy (non-hydrogen) atoms. The van der Waals surface area contributed by atoms with Crippen molar-refractivity contribution >= 4 is 23.6 Å². The van der Waals surface area contributed by atoms with Gasteiger partial charge in [-0.05, 0) is 91.8 Å². The van der Waals surface area contributed by atoms with E-state index in [2.05, 4.69) is 48.3 Å². The molecule has 0 bridgehead atoms. The van der Waals surface area contributed by atoms with Crippen LogP contribution in [-0.2, 0) is 11.2 Å². The molecule has 212 valence electrons. The van der Waals surface area contributed by atoms with Crippen molar-refractivity contribution < 1.29 is 14.7 Å². The summed E-state index contributed by atoms with van der Waals surface area (Å²) in [6.07, 6.45) is 12.7. The Kier molecular flexibility index (Phi) is 10.5. The molecule has 0 heterocycles. The van der Waals surface area contributed by atoms with Crippen LogP contribution in [0.4, 0.5) is 0 Å². The molecule has 2 saturated carbocycles. The number of carboxylic acid groups (broad SMARTS) is 1. The number of thioether (sulfide) groups is 1. The van der Waals surface area contributed by atoms with Crippen LogP contribution in [0.2, 0.25) is 0 Å². The van der Waals surface area contributed by atoms with Gasteiger partial charge in [-0.15, -0.1) is 0 Å². The number of nitrogens with zero attached hydrogens (tertiary/aromatic N) is 1. The van der Waals surface area contributed by atoms with Crippen LogP contribution in [0.3, 0.4) is 0 Å². The number of carbonyl (C=O) groups is 2. The topological polar surface area (TPSA) is 69.6 Å². The van der Waals surface area contributed by atoms with Crippen LogP contribution in [0.1, 0.15) is 79.8 Å². The summed E-state index contributed by atoms with van der Waals surface area (Å²) < 4.78 is 0. The molecule has 5 nitrogen and oxygen atoms in total. The maximum atomic E-state index is 13.6. The summed E-state index contributed by atoms with van der Waals surface area (Å²) in [5.41, 5.74) is 3.63. The molecule has 0 radical (unpaired) electrons. The van der Waals surface area contributed by atoms with Gasteiger partial charge in [0.1, 0.15) is 5.54 Å². The second-order valence-electron chi connectivity index (χ2n) is 11.7. The molecule has 2 atom stereocenters. The second-order valence-corrected chi connectivity index (χ2v) is 12.6. The number of benzene rings is 2. The van der Waals surface area contributed by atoms with E-state index in [4.69, 9.17) is 0 Å². The van der Waals surface area contributed by atoms with Crippen LogP contribution in [0, 0.1) is 18.8 Å². The lowest BCUT2D eigenvalue weighted by atomic mass is 9.88. The van der Waals surface area contributed by atoms with Crippen LogP contribution in [0.5, 0.6) is 0 Å². The minimum atomic E-state index is -1.15. The van der Waals surface area contributed by atoms with Crippen LogP contribution in [-0.4, -0.2) is 59.1 Å². The quantitative estimate of drug-likeness (QED) is 0.270. The molecule has 0 aliphatic heterocycles. The molecule has 6 heteroatoms. The van der Waals surface area contributed by atoms with Gasteiger partial charge in [-0.25, -0.2) is 4.79 Å². The molecule has 2 N–H and O–H groups in total. The highest BCUT2D eigenvalue weighted by atomic mass is 32.2. The zero-order valence-electron chi connectivity index (χ0n) is 24.0. The summed E-state index contributed by atoms with van der Waals surface area (Å²) in [5, 5.41) is 12.9. The maximum Gasteiger partial charge on any atom is 0.329 e. The zero-order chi connectivity index (χ0) is 27.8. The van der Waals surface area contributed by atoms with Crippen LogP contribution in [0.25, 0.3) is 11.1 Å². The largest absolute Gasteiger partial charge is 0.479 e. The van der Waals surface area contributed by atoms with E-state index in [0.717, 1.165) is 47.9 Å². The van der Waals surface area contributed by atoms with Crippen molar-refractivity contribution in [3.05, 3.63) is 59.2 Å². The summed E-state index contributed by atoms with van der Waals surface area (Å²) in [6.45, 7) is 7.69. The minimum Gasteiger partial charge on any atom is -0.479 e. The monoisotopic (exact) mass is 550 g/mol. The fraction of sp³-hybridized carbons (Fsp3) is 0.576. The molecular formula is C33H46N2O3S. The lowest BCUT2D eigenvalue weighted by Crippen LogP contribution is -2.45. The number of carboxylic acids is 1. The van der Waals surface area contributed by atoms with Crippen molar-refractivity contribution in [2.75, 3.05) is 31.6 Å². The molecule has 0 saturated heterocycles. The van der Waals surface area contributed by atoms with Gasteiger partial charge in [0.25, 0.3) is 5.91 Å². The molecule has 2 aromatic carbocycles. The number of hydrogen-bond donors (Lipinski definition) is 2. The van der Waals surface area contributed by atoms with E-state index in [1.165, 1.54) is 57.1 Å². The predicted molar refractivity (Wildman–Crippen MR) is 163 cm³/mol. The highest BCUT2D eigenvalue weighted by molar-refractivity contribution is 7.98. The fourth-order valence-electron chi connectivity index (χ4n) is 6.21. The Morgan fingerprint density at radius 1 is 1.08 bits per heavy atom. The van der Waals surface area contributed by atoms with E-state index >= 15 is 0 Å². The number of hydrogen-bond acceptors (Lipinski definition) is 4. The fourth-order valence-corrected chi connectivity index (χ4v) is 7.02. The highest BCUT2D eigenvalue weighted by Crippen LogP contribution is 2.46. The Bertz CT molecular complexity index is 1130. The van der Waals surface area contributed by atoms with Crippen molar-refractivity contribution in [2.24, 2.45) is 11.8 Å². The third kappa shape index (κ3) is 7.46. The van der Waals surface area contributed by atoms with Gasteiger partial charge < -0.3 is 15.3 Å². The molecule has 2 aliphatic carbocycles. The number of carbonyl (C=O) groups excluding carboxylic acids is 1. The Morgan fingerprint density at radius 3 is 2.54 bits per heavy atom. The SMILES string of the molecule is CCCCN(CCc1ccc(C(=O)NC2(C(=O)O)CC2CSC)c(-c2ccccc2C)c1)CC1CCCCC1. The molecule has 2 aromatic rings. The van der Waals surface area contributed by atoms with E-state index in [1.807, 2.05) is 24.5 Å². The first kappa shape index (κ1) is 29.7. The van der Waals surface area contributed by atoms with Crippen molar-refractivity contribution in [2.45, 2.75) is 77.2 Å². The minimum absolute atomic E-state index is 0.0339. The third-order valence-electron chi connectivity index (χ3n) is 8.74. The maximum absolute atomic E-state index is 13.6. The third-order valence-corrected chi connectivity index (χ3v) is 9.48. The van der Waals surface area contributed by atoms with Gasteiger partial charge in [-0.1, -0.05) is 69.0 Å². The summed E-state index contributed by atoms with van der Waals surface area (Å²) >= 11 is 1.62. The first-order valence-electron chi connectivity index (χ1n) is 14.8. The van der Waals surface area contributed by atoms with Gasteiger partial charge in [0.05, 0.1) is 0 Å². The lowest BCUT2D eigenvalue weighted by molar-refractivity contribution is -0.140. The summed E-state index contributed by atoms with van der Waals surface area (Å²) in [7, 11) is 0. The smallest absolute Gasteiger partial charge is 0.329 e. The Labute approximate surface area is 239 Å². The van der Waals surface area contributed by atoms with Gasteiger partial charge in [0, 0.05) is 24.6 Å². The van der Waals surface area contributed by atoms with Gasteiger partial charge in [-0.2, -0.15) is 11.8 Å². The van der Waals surface area contributed by atoms with Crippen molar-refractivity contribution in [1.82, 2.24) is 10.2 Å². The first-order valence-corrected chi connectivity index (χ1v) is 16.2. The zero-order valence-corrected chi connectivity index (χ0v) is 24.8. The van der Waals surface area contributed by atoms with Crippen LogP contribution in [0.15, 0.2) is 42.5 Å². The van der Waals surface area contributed by atoms with Crippen molar-refractivity contribution in [1.29, 1.82) is 0 Å². The first-order chi connectivity index (χ1) is 18.9. The highest BCUT2D eigenvalue weighted by Gasteiger charge is 2.61. The van der Waals surface area contributed by atoms with Gasteiger partial charge in [0.15, 0.2) is 0 Å². The lowest BCUT2D eigenvalue weighted by Gasteiger charge is -2.30. The van der Waals surface area contributed by atoms with E-state index in [-0.39, 0.29) is 11.8 Å². The molecule has 2 unspecified atom stereocenters. The molecule has 1 amide bonds. The predicted octanol–water partition coefficient (Wildman–Crippen LogP) is 6.82. The summed E-state index contributed by atoms with van der Waals surface area (Å²) in [5.74, 6) is 0.282. The normalized spacial score (nSPS) is 21.2. The molecular weight excluding hydrogens is 504 g/mol. The number of amides is 1. The number of aliphatic carboxylic acids is 1. The van der Waals surface area contributed by atoms with E-state index < -0.39 is 11.5 Å². The summed E-state index contributed by atoms with van der Waals surface area (Å²) in [6, 6.07) is 14.3. The molecule has 2 fully saturated rings. The Hall–Kier alpha value is -2.31. The Morgan fingerprint density at radius 2 is 1.85 bits per heavy atom. The number of unbranched alkanes of at least 4 members (excludes halogenated alkanes) is 1.